The van der Waals surface area contributed by atoms with E-state index in [2.05, 4.69) is 268 Å². The van der Waals surface area contributed by atoms with Gasteiger partial charge in [-0.05, 0) is 189 Å². The van der Waals surface area contributed by atoms with Crippen molar-refractivity contribution in [1.82, 2.24) is 0 Å². The van der Waals surface area contributed by atoms with Gasteiger partial charge in [0.05, 0.1) is 11.1 Å². The molecule has 0 amide bonds. The van der Waals surface area contributed by atoms with Crippen molar-refractivity contribution in [3.8, 4) is 11.1 Å². The van der Waals surface area contributed by atoms with Crippen LogP contribution in [0.5, 0.6) is 0 Å². The smallest absolute Gasteiger partial charge is 0.333 e. The van der Waals surface area contributed by atoms with E-state index in [4.69, 9.17) is 0 Å². The Hall–Kier alpha value is -8.08. The van der Waals surface area contributed by atoms with Crippen LogP contribution in [0.2, 0.25) is 0 Å². The molecule has 3 aliphatic heterocycles. The maximum Gasteiger partial charge on any atom is 0.333 e. The molecule has 0 saturated carbocycles. The van der Waals surface area contributed by atoms with Gasteiger partial charge in [0.2, 0.25) is 0 Å². The lowest BCUT2D eigenvalue weighted by atomic mass is 9.42. The van der Waals surface area contributed by atoms with E-state index in [0.717, 1.165) is 37.8 Å². The Morgan fingerprint density at radius 1 is 0.449 bits per heavy atom. The van der Waals surface area contributed by atoms with Crippen molar-refractivity contribution in [2.75, 3.05) is 14.6 Å². The molecule has 0 radical (unpaired) electrons. The Morgan fingerprint density at radius 3 is 1.64 bits per heavy atom. The maximum atomic E-state index is 2.72. The molecule has 0 atom stereocenters. The summed E-state index contributed by atoms with van der Waals surface area (Å²) in [5.41, 5.74) is 24.9. The van der Waals surface area contributed by atoms with Gasteiger partial charge < -0.3 is 14.6 Å². The molecule has 10 aromatic rings. The van der Waals surface area contributed by atoms with E-state index in [1.54, 1.807) is 0 Å². The number of nitrogens with zero attached hydrogens (tertiary/aromatic N) is 3. The molecule has 10 aromatic carbocycles. The third kappa shape index (κ3) is 8.26. The number of hydrogen-bond acceptors (Lipinski definition) is 3. The Kier molecular flexibility index (Phi) is 13.1. The van der Waals surface area contributed by atoms with Crippen LogP contribution in [0.1, 0.15) is 124 Å². The van der Waals surface area contributed by atoms with E-state index in [0.29, 0.717) is 0 Å². The van der Waals surface area contributed by atoms with Gasteiger partial charge in [0.15, 0.2) is 0 Å². The fraction of sp³-hybridized carbons (Fsp3) is 0.216. The van der Waals surface area contributed by atoms with Gasteiger partial charge in [-0.25, -0.2) is 0 Å². The quantitative estimate of drug-likeness (QED) is 0.0893. The number of aryl methyl sites for hydroxylation is 3. The van der Waals surface area contributed by atoms with E-state index in [-0.39, 0.29) is 12.8 Å². The van der Waals surface area contributed by atoms with Crippen molar-refractivity contribution < 1.29 is 0 Å². The molecule has 0 bridgehead atoms. The highest BCUT2D eigenvalue weighted by Crippen LogP contribution is 2.60. The molecule has 0 aromatic heterocycles. The zero-order chi connectivity index (χ0) is 52.9. The highest BCUT2D eigenvalue weighted by molar-refractivity contribution is 6.93. The first-order chi connectivity index (χ1) is 38.4. The van der Waals surface area contributed by atoms with Crippen LogP contribution < -0.4 is 25.5 Å². The second-order valence-electron chi connectivity index (χ2n) is 22.6. The van der Waals surface area contributed by atoms with Crippen LogP contribution in [0.4, 0.5) is 45.5 Å². The van der Waals surface area contributed by atoms with Crippen molar-refractivity contribution >= 4 is 74.0 Å². The van der Waals surface area contributed by atoms with Gasteiger partial charge >= 0.3 is 6.85 Å². The summed E-state index contributed by atoms with van der Waals surface area (Å²) in [6.45, 7) is 11.5. The zero-order valence-electron chi connectivity index (χ0n) is 46.1. The third-order valence-electron chi connectivity index (χ3n) is 17.4. The van der Waals surface area contributed by atoms with Gasteiger partial charge in [-0.15, -0.1) is 0 Å². The van der Waals surface area contributed by atoms with Crippen molar-refractivity contribution in [3.63, 3.8) is 0 Å². The summed E-state index contributed by atoms with van der Waals surface area (Å²) in [6, 6.07) is 84.7. The molecule has 13 rings (SSSR count). The van der Waals surface area contributed by atoms with Crippen molar-refractivity contribution in [1.29, 1.82) is 0 Å². The third-order valence-corrected chi connectivity index (χ3v) is 17.4. The van der Waals surface area contributed by atoms with Crippen LogP contribution in [0.25, 0.3) is 21.9 Å². The molecule has 0 unspecified atom stereocenters. The molecule has 4 heteroatoms. The zero-order valence-corrected chi connectivity index (χ0v) is 46.1. The highest BCUT2D eigenvalue weighted by atomic mass is 15.2. The topological polar surface area (TPSA) is 9.72 Å². The lowest BCUT2D eigenvalue weighted by Gasteiger charge is -2.52. The van der Waals surface area contributed by atoms with Crippen LogP contribution >= 0.6 is 0 Å². The average molecular weight is 1010 g/mol. The Balaban J connectivity index is 1.11. The second kappa shape index (κ2) is 20.7. The standard InChI is InChI=1S/C74H70BN3/c1-6-9-22-52-35-39-60(40-36-52)76(61-41-37-53(38-42-61)23-10-7-2)62-43-44-69-64(50-62)65-46-57(51(4)5)49-71-72(65)75(78(69)63-32-20-25-54(45-63)24-11-8-3)68-34-21-33-66-73(68)77(71)70-48-56-27-19-18-26-55(56)47-67(70)74(66,58-28-14-12-15-29-58)59-30-16-13-17-31-59/h12-21,25-51H,6-11,22-24H2,1-5H3. The Bertz CT molecular complexity index is 3710. The first-order valence-electron chi connectivity index (χ1n) is 29.2. The molecule has 3 nitrogen and oxygen atoms in total. The molecule has 0 fully saturated rings. The molecule has 384 valence electrons. The van der Waals surface area contributed by atoms with Crippen LogP contribution in [-0.4, -0.2) is 6.85 Å². The minimum Gasteiger partial charge on any atom is -0.376 e. The monoisotopic (exact) mass is 1010 g/mol. The number of fused-ring (bicyclic) bond motifs is 7. The average Bonchev–Trinajstić information content (AvgIpc) is 3.62. The van der Waals surface area contributed by atoms with E-state index in [1.165, 1.54) is 143 Å². The first kappa shape index (κ1) is 49.5. The maximum absolute atomic E-state index is 2.72. The van der Waals surface area contributed by atoms with Crippen LogP contribution in [0.3, 0.4) is 0 Å². The lowest BCUT2D eigenvalue weighted by molar-refractivity contribution is 0.733. The largest absolute Gasteiger partial charge is 0.376 e. The van der Waals surface area contributed by atoms with Crippen LogP contribution in [0.15, 0.2) is 218 Å². The molecule has 0 aliphatic carbocycles. The van der Waals surface area contributed by atoms with Gasteiger partial charge in [0, 0.05) is 45.4 Å². The number of rotatable bonds is 16. The van der Waals surface area contributed by atoms with Gasteiger partial charge in [0.25, 0.3) is 0 Å². The minimum atomic E-state index is -0.627. The SMILES string of the molecule is CCCCc1ccc(N(c2ccc(CCCC)cc2)c2ccc3c(c2)-c2cc(C(C)C)cc4c2B(c2cccc5c2N4c2cc4ccccc4cc2C5(c2ccccc2)c2ccccc2)N3c2cccc(CCCC)c2)cc1. The van der Waals surface area contributed by atoms with Crippen LogP contribution in [0, 0.1) is 0 Å². The van der Waals surface area contributed by atoms with Crippen molar-refractivity contribution in [2.24, 2.45) is 0 Å². The fourth-order valence-corrected chi connectivity index (χ4v) is 13.4. The summed E-state index contributed by atoms with van der Waals surface area (Å²) in [5, 5.41) is 2.48. The number of hydrogen-bond donors (Lipinski definition) is 0. The summed E-state index contributed by atoms with van der Waals surface area (Å²) >= 11 is 0. The number of unbranched alkanes of at least 4 members (excludes halogenated alkanes) is 3. The predicted molar refractivity (Wildman–Crippen MR) is 334 cm³/mol. The Labute approximate surface area is 464 Å². The molecule has 78 heavy (non-hydrogen) atoms. The van der Waals surface area contributed by atoms with E-state index in [9.17, 15) is 0 Å². The van der Waals surface area contributed by atoms with Gasteiger partial charge in [-0.3, -0.25) is 0 Å². The molecule has 0 N–H and O–H groups in total. The fourth-order valence-electron chi connectivity index (χ4n) is 13.4. The number of para-hydroxylation sites is 1. The highest BCUT2D eigenvalue weighted by Gasteiger charge is 2.53. The summed E-state index contributed by atoms with van der Waals surface area (Å²) in [4.78, 5) is 7.92. The van der Waals surface area contributed by atoms with Crippen molar-refractivity contribution in [2.45, 2.75) is 104 Å². The molecule has 3 heterocycles. The minimum absolute atomic E-state index is 0.129. The molecular weight excluding hydrogens is 942 g/mol. The molecule has 0 spiro atoms. The van der Waals surface area contributed by atoms with Gasteiger partial charge in [-0.2, -0.15) is 0 Å². The van der Waals surface area contributed by atoms with Gasteiger partial charge in [-0.1, -0.05) is 199 Å². The van der Waals surface area contributed by atoms with E-state index >= 15 is 0 Å². The molecular formula is C74H70BN3. The summed E-state index contributed by atoms with van der Waals surface area (Å²) in [5.74, 6) is 0.282. The summed E-state index contributed by atoms with van der Waals surface area (Å²) < 4.78 is 0. The number of anilines is 8. The van der Waals surface area contributed by atoms with E-state index in [1.807, 2.05) is 0 Å². The second-order valence-corrected chi connectivity index (χ2v) is 22.6. The van der Waals surface area contributed by atoms with Gasteiger partial charge in [0.1, 0.15) is 0 Å². The summed E-state index contributed by atoms with van der Waals surface area (Å²) in [6.07, 6.45) is 10.3. The van der Waals surface area contributed by atoms with E-state index < -0.39 is 5.41 Å². The van der Waals surface area contributed by atoms with Crippen molar-refractivity contribution in [3.05, 3.63) is 263 Å². The lowest BCUT2D eigenvalue weighted by Crippen LogP contribution is -2.62. The Morgan fingerprint density at radius 2 is 1.03 bits per heavy atom. The molecule has 0 saturated heterocycles. The predicted octanol–water partition coefficient (Wildman–Crippen LogP) is 18.9. The first-order valence-corrected chi connectivity index (χ1v) is 29.2. The molecule has 3 aliphatic rings. The van der Waals surface area contributed by atoms with Crippen LogP contribution in [-0.2, 0) is 24.7 Å². The number of benzene rings is 10. The normalized spacial score (nSPS) is 13.5. The summed E-state index contributed by atoms with van der Waals surface area (Å²) in [7, 11) is 0.